The molecule has 0 aliphatic rings. The van der Waals surface area contributed by atoms with Crippen LogP contribution < -0.4 is 5.32 Å². The van der Waals surface area contributed by atoms with Gasteiger partial charge in [-0.25, -0.2) is 4.98 Å². The van der Waals surface area contributed by atoms with E-state index in [0.717, 1.165) is 23.4 Å². The number of amides is 1. The number of nitrogens with zero attached hydrogens (tertiary/aromatic N) is 5. The van der Waals surface area contributed by atoms with Gasteiger partial charge in [0.15, 0.2) is 16.1 Å². The molecule has 0 unspecified atom stereocenters. The van der Waals surface area contributed by atoms with Crippen LogP contribution in [0.4, 0.5) is 18.3 Å². The van der Waals surface area contributed by atoms with Gasteiger partial charge in [-0.1, -0.05) is 41.6 Å². The van der Waals surface area contributed by atoms with Crippen molar-refractivity contribution in [3.8, 4) is 17.1 Å². The molecule has 0 fully saturated rings. The smallest absolute Gasteiger partial charge is 0.301 e. The highest BCUT2D eigenvalue weighted by Gasteiger charge is 2.31. The topological polar surface area (TPSA) is 85.6 Å². The van der Waals surface area contributed by atoms with Crippen molar-refractivity contribution in [3.05, 3.63) is 100 Å². The molecule has 0 aliphatic carbocycles. The Bertz CT molecular complexity index is 1590. The van der Waals surface area contributed by atoms with E-state index in [9.17, 15) is 18.0 Å². The van der Waals surface area contributed by atoms with Gasteiger partial charge in [-0.15, -0.1) is 21.5 Å². The van der Waals surface area contributed by atoms with E-state index >= 15 is 0 Å². The molecule has 198 valence electrons. The van der Waals surface area contributed by atoms with E-state index in [2.05, 4.69) is 25.5 Å². The zero-order chi connectivity index (χ0) is 27.4. The number of pyridine rings is 1. The fourth-order valence-corrected chi connectivity index (χ4v) is 5.46. The van der Waals surface area contributed by atoms with Crippen LogP contribution in [0.2, 0.25) is 5.02 Å². The summed E-state index contributed by atoms with van der Waals surface area (Å²) in [5.41, 5.74) is 1.23. The van der Waals surface area contributed by atoms with Crippen LogP contribution in [0.25, 0.3) is 17.1 Å². The number of para-hydroxylation sites is 1. The molecule has 0 aliphatic heterocycles. The van der Waals surface area contributed by atoms with Gasteiger partial charge in [0, 0.05) is 46.2 Å². The van der Waals surface area contributed by atoms with Crippen LogP contribution in [-0.2, 0) is 17.4 Å². The molecular weight excluding hydrogens is 569 g/mol. The van der Waals surface area contributed by atoms with Crippen LogP contribution in [0.15, 0.2) is 84.4 Å². The number of carbonyl (C=O) groups excluding carboxylic acids is 1. The lowest BCUT2D eigenvalue weighted by Gasteiger charge is -2.10. The summed E-state index contributed by atoms with van der Waals surface area (Å²) in [4.78, 5) is 21.6. The molecule has 0 spiro atoms. The second kappa shape index (κ2) is 11.6. The summed E-state index contributed by atoms with van der Waals surface area (Å²) in [7, 11) is 0. The normalized spacial score (nSPS) is 11.5. The van der Waals surface area contributed by atoms with Crippen molar-refractivity contribution in [1.29, 1.82) is 0 Å². The molecule has 0 saturated carbocycles. The third kappa shape index (κ3) is 6.47. The van der Waals surface area contributed by atoms with E-state index < -0.39 is 11.7 Å². The highest BCUT2D eigenvalue weighted by atomic mass is 35.5. The summed E-state index contributed by atoms with van der Waals surface area (Å²) in [6.45, 7) is 0. The average molecular weight is 587 g/mol. The van der Waals surface area contributed by atoms with Crippen molar-refractivity contribution in [2.24, 2.45) is 0 Å². The first-order chi connectivity index (χ1) is 18.8. The predicted molar refractivity (Wildman–Crippen MR) is 145 cm³/mol. The maximum absolute atomic E-state index is 13.1. The van der Waals surface area contributed by atoms with E-state index in [1.165, 1.54) is 35.4 Å². The van der Waals surface area contributed by atoms with Crippen LogP contribution in [0.5, 0.6) is 0 Å². The van der Waals surface area contributed by atoms with Gasteiger partial charge in [-0.2, -0.15) is 13.2 Å². The number of thiazole rings is 1. The zero-order valence-corrected chi connectivity index (χ0v) is 22.3. The number of anilines is 1. The van der Waals surface area contributed by atoms with Crippen molar-refractivity contribution in [2.45, 2.75) is 17.8 Å². The Labute approximate surface area is 234 Å². The summed E-state index contributed by atoms with van der Waals surface area (Å²) < 4.78 is 41.1. The minimum Gasteiger partial charge on any atom is -0.301 e. The van der Waals surface area contributed by atoms with Crippen molar-refractivity contribution >= 4 is 45.7 Å². The van der Waals surface area contributed by atoms with Gasteiger partial charge >= 0.3 is 6.18 Å². The Hall–Kier alpha value is -3.74. The molecule has 0 atom stereocenters. The second-order valence-corrected chi connectivity index (χ2v) is 10.6. The first-order valence-electron chi connectivity index (χ1n) is 11.4. The third-order valence-electron chi connectivity index (χ3n) is 5.46. The molecule has 5 rings (SSSR count). The Morgan fingerprint density at radius 3 is 2.56 bits per heavy atom. The van der Waals surface area contributed by atoms with Crippen LogP contribution >= 0.6 is 34.7 Å². The van der Waals surface area contributed by atoms with Crippen molar-refractivity contribution in [2.75, 3.05) is 11.1 Å². The summed E-state index contributed by atoms with van der Waals surface area (Å²) >= 11 is 8.50. The monoisotopic (exact) mass is 586 g/mol. The van der Waals surface area contributed by atoms with E-state index in [1.54, 1.807) is 12.4 Å². The van der Waals surface area contributed by atoms with Gasteiger partial charge in [0.2, 0.25) is 5.91 Å². The summed E-state index contributed by atoms with van der Waals surface area (Å²) in [6, 6.07) is 16.4. The SMILES string of the molecule is O=C(CSc1nnc(-c2ccncc2)n1-c1ccccc1)Nc1ncc(Cc2cc(C(F)(F)F)ccc2Cl)s1. The van der Waals surface area contributed by atoms with E-state index in [1.807, 2.05) is 47.0 Å². The van der Waals surface area contributed by atoms with E-state index in [4.69, 9.17) is 11.6 Å². The Kier molecular flexibility index (Phi) is 7.96. The van der Waals surface area contributed by atoms with Crippen LogP contribution in [-0.4, -0.2) is 36.4 Å². The fourth-order valence-electron chi connectivity index (χ4n) is 3.67. The van der Waals surface area contributed by atoms with Crippen LogP contribution in [0.3, 0.4) is 0 Å². The summed E-state index contributed by atoms with van der Waals surface area (Å²) in [5.74, 6) is 0.339. The number of hydrogen-bond donors (Lipinski definition) is 1. The van der Waals surface area contributed by atoms with Gasteiger partial charge in [0.25, 0.3) is 0 Å². The van der Waals surface area contributed by atoms with Crippen molar-refractivity contribution in [3.63, 3.8) is 0 Å². The summed E-state index contributed by atoms with van der Waals surface area (Å²) in [5, 5.41) is 12.5. The number of rotatable bonds is 8. The number of hydrogen-bond acceptors (Lipinski definition) is 7. The molecule has 39 heavy (non-hydrogen) atoms. The number of carbonyl (C=O) groups is 1. The molecule has 5 aromatic rings. The molecule has 1 N–H and O–H groups in total. The number of nitrogens with one attached hydrogen (secondary N) is 1. The molecule has 0 bridgehead atoms. The molecule has 1 amide bonds. The maximum atomic E-state index is 13.1. The Morgan fingerprint density at radius 2 is 1.82 bits per heavy atom. The Morgan fingerprint density at radius 1 is 1.05 bits per heavy atom. The number of alkyl halides is 3. The first-order valence-corrected chi connectivity index (χ1v) is 13.6. The summed E-state index contributed by atoms with van der Waals surface area (Å²) in [6.07, 6.45) is 0.541. The fraction of sp³-hybridized carbons (Fsp3) is 0.115. The lowest BCUT2D eigenvalue weighted by Crippen LogP contribution is -2.14. The highest BCUT2D eigenvalue weighted by molar-refractivity contribution is 7.99. The van der Waals surface area contributed by atoms with Gasteiger partial charge < -0.3 is 5.32 Å². The average Bonchev–Trinajstić information content (AvgIpc) is 3.56. The lowest BCUT2D eigenvalue weighted by atomic mass is 10.1. The molecule has 7 nitrogen and oxygen atoms in total. The predicted octanol–water partition coefficient (Wildman–Crippen LogP) is 6.78. The quantitative estimate of drug-likeness (QED) is 0.202. The minimum atomic E-state index is -4.46. The molecule has 3 heterocycles. The highest BCUT2D eigenvalue weighted by Crippen LogP contribution is 2.33. The standard InChI is InChI=1S/C26H18ClF3N6OS2/c27-21-7-6-18(26(28,29)30)12-17(21)13-20-14-32-24(39-20)33-22(37)15-38-25-35-34-23(16-8-10-31-11-9-16)36(25)19-4-2-1-3-5-19/h1-12,14H,13,15H2,(H,32,33,37). The van der Waals surface area contributed by atoms with Gasteiger partial charge in [0.1, 0.15) is 0 Å². The van der Waals surface area contributed by atoms with Gasteiger partial charge in [-0.05, 0) is 48.0 Å². The molecule has 0 saturated heterocycles. The lowest BCUT2D eigenvalue weighted by molar-refractivity contribution is -0.137. The Balaban J connectivity index is 1.27. The number of benzene rings is 2. The second-order valence-electron chi connectivity index (χ2n) is 8.16. The molecule has 2 aromatic carbocycles. The zero-order valence-electron chi connectivity index (χ0n) is 19.9. The van der Waals surface area contributed by atoms with Gasteiger partial charge in [0.05, 0.1) is 11.3 Å². The number of aromatic nitrogens is 5. The molecule has 0 radical (unpaired) electrons. The molecular formula is C26H18ClF3N6OS2. The largest absolute Gasteiger partial charge is 0.416 e. The molecule has 3 aromatic heterocycles. The number of thioether (sulfide) groups is 1. The van der Waals surface area contributed by atoms with Crippen molar-refractivity contribution < 1.29 is 18.0 Å². The van der Waals surface area contributed by atoms with E-state index in [0.29, 0.717) is 26.6 Å². The maximum Gasteiger partial charge on any atom is 0.416 e. The number of halogens is 4. The first kappa shape index (κ1) is 26.9. The minimum absolute atomic E-state index is 0.0374. The third-order valence-corrected chi connectivity index (χ3v) is 7.67. The van der Waals surface area contributed by atoms with E-state index in [-0.39, 0.29) is 23.1 Å². The van der Waals surface area contributed by atoms with Crippen molar-refractivity contribution in [1.82, 2.24) is 24.7 Å². The van der Waals surface area contributed by atoms with Gasteiger partial charge in [-0.3, -0.25) is 14.3 Å². The molecule has 13 heteroatoms. The van der Waals surface area contributed by atoms with Crippen LogP contribution in [0.1, 0.15) is 16.0 Å². The van der Waals surface area contributed by atoms with Crippen LogP contribution in [0, 0.1) is 0 Å².